The van der Waals surface area contributed by atoms with E-state index < -0.39 is 5.79 Å². The molecule has 0 aromatic carbocycles. The molecule has 0 aromatic rings. The third kappa shape index (κ3) is 10.8. The van der Waals surface area contributed by atoms with Crippen LogP contribution in [-0.4, -0.2) is 16.0 Å². The molecule has 0 saturated heterocycles. The molecule has 0 aliphatic carbocycles. The Morgan fingerprint density at radius 2 is 1.57 bits per heavy atom. The van der Waals surface area contributed by atoms with E-state index in [2.05, 4.69) is 0 Å². The molecule has 7 heavy (non-hydrogen) atoms. The van der Waals surface area contributed by atoms with E-state index in [1.165, 1.54) is 6.92 Å². The number of hydrogen-bond acceptors (Lipinski definition) is 2. The molecule has 0 aliphatic heterocycles. The molecule has 0 unspecified atom stereocenters. The SMILES string of the molecule is CCC(C)(O)O.[Zn]. The molecule has 0 aromatic heterocycles. The summed E-state index contributed by atoms with van der Waals surface area (Å²) in [5.41, 5.74) is 0. The van der Waals surface area contributed by atoms with Crippen LogP contribution in [0.1, 0.15) is 20.3 Å². The zero-order chi connectivity index (χ0) is 5.21. The zero-order valence-electron chi connectivity index (χ0n) is 4.81. The summed E-state index contributed by atoms with van der Waals surface area (Å²) in [6, 6.07) is 0. The molecular weight excluding hydrogens is 145 g/mol. The Morgan fingerprint density at radius 1 is 1.43 bits per heavy atom. The second kappa shape index (κ2) is 3.53. The van der Waals surface area contributed by atoms with Gasteiger partial charge in [-0.05, 0) is 13.3 Å². The topological polar surface area (TPSA) is 40.5 Å². The van der Waals surface area contributed by atoms with E-state index in [1.54, 1.807) is 6.92 Å². The van der Waals surface area contributed by atoms with Crippen LogP contribution in [-0.2, 0) is 19.5 Å². The van der Waals surface area contributed by atoms with E-state index in [0.29, 0.717) is 6.42 Å². The van der Waals surface area contributed by atoms with Crippen molar-refractivity contribution in [2.24, 2.45) is 0 Å². The van der Waals surface area contributed by atoms with Crippen molar-refractivity contribution in [2.75, 3.05) is 0 Å². The van der Waals surface area contributed by atoms with Gasteiger partial charge in [-0.3, -0.25) is 0 Å². The van der Waals surface area contributed by atoms with Crippen molar-refractivity contribution in [3.8, 4) is 0 Å². The molecule has 0 bridgehead atoms. The summed E-state index contributed by atoms with van der Waals surface area (Å²) in [5.74, 6) is -1.46. The molecule has 2 N–H and O–H groups in total. The number of rotatable bonds is 1. The first kappa shape index (κ1) is 10.5. The Balaban J connectivity index is 0. The molecule has 0 heterocycles. The summed E-state index contributed by atoms with van der Waals surface area (Å²) in [6.45, 7) is 3.06. The van der Waals surface area contributed by atoms with Gasteiger partial charge in [0.2, 0.25) is 0 Å². The quantitative estimate of drug-likeness (QED) is 0.416. The molecule has 0 fully saturated rings. The fraction of sp³-hybridized carbons (Fsp3) is 1.00. The summed E-state index contributed by atoms with van der Waals surface area (Å²) in [7, 11) is 0. The van der Waals surface area contributed by atoms with Gasteiger partial charge in [0.1, 0.15) is 0 Å². The maximum absolute atomic E-state index is 8.38. The first-order valence-electron chi connectivity index (χ1n) is 2.01. The van der Waals surface area contributed by atoms with Crippen LogP contribution in [0, 0.1) is 0 Å². The molecule has 0 radical (unpaired) electrons. The van der Waals surface area contributed by atoms with Crippen LogP contribution in [0.5, 0.6) is 0 Å². The molecular formula is C4H10O2Zn. The molecule has 3 heteroatoms. The average Bonchev–Trinajstić information content (AvgIpc) is 1.35. The first-order valence-corrected chi connectivity index (χ1v) is 2.01. The monoisotopic (exact) mass is 154 g/mol. The zero-order valence-corrected chi connectivity index (χ0v) is 7.78. The normalized spacial score (nSPS) is 10.3. The maximum atomic E-state index is 8.38. The van der Waals surface area contributed by atoms with Crippen LogP contribution >= 0.6 is 0 Å². The Labute approximate surface area is 56.3 Å². The van der Waals surface area contributed by atoms with Crippen LogP contribution in [0.3, 0.4) is 0 Å². The van der Waals surface area contributed by atoms with E-state index in [9.17, 15) is 0 Å². The van der Waals surface area contributed by atoms with Gasteiger partial charge in [0.05, 0.1) is 0 Å². The third-order valence-electron chi connectivity index (χ3n) is 0.670. The second-order valence-electron chi connectivity index (χ2n) is 1.57. The predicted molar refractivity (Wildman–Crippen MR) is 23.1 cm³/mol. The average molecular weight is 156 g/mol. The van der Waals surface area contributed by atoms with Crippen molar-refractivity contribution in [3.63, 3.8) is 0 Å². The van der Waals surface area contributed by atoms with Crippen LogP contribution in [0.25, 0.3) is 0 Å². The fourth-order valence-corrected chi connectivity index (χ4v) is 0. The minimum Gasteiger partial charge on any atom is -0.366 e. The molecule has 40 valence electrons. The number of aliphatic hydroxyl groups is 2. The first-order chi connectivity index (χ1) is 2.56. The van der Waals surface area contributed by atoms with E-state index in [4.69, 9.17) is 10.2 Å². The van der Waals surface area contributed by atoms with Crippen LogP contribution in [0.15, 0.2) is 0 Å². The van der Waals surface area contributed by atoms with Crippen molar-refractivity contribution in [1.29, 1.82) is 0 Å². The summed E-state index contributed by atoms with van der Waals surface area (Å²) in [5, 5.41) is 16.8. The Kier molecular flexibility index (Phi) is 5.31. The van der Waals surface area contributed by atoms with Crippen LogP contribution in [0.4, 0.5) is 0 Å². The molecule has 2 nitrogen and oxygen atoms in total. The summed E-state index contributed by atoms with van der Waals surface area (Å²) in [6.07, 6.45) is 0.382. The van der Waals surface area contributed by atoms with Crippen molar-refractivity contribution in [1.82, 2.24) is 0 Å². The van der Waals surface area contributed by atoms with Gasteiger partial charge in [-0.15, -0.1) is 0 Å². The maximum Gasteiger partial charge on any atom is 0.159 e. The van der Waals surface area contributed by atoms with Gasteiger partial charge in [-0.25, -0.2) is 0 Å². The van der Waals surface area contributed by atoms with Gasteiger partial charge in [0.25, 0.3) is 0 Å². The molecule has 0 rings (SSSR count). The Bertz CT molecular complexity index is 39.4. The Hall–Kier alpha value is 0.543. The molecule has 0 saturated carbocycles. The van der Waals surface area contributed by atoms with Gasteiger partial charge >= 0.3 is 0 Å². The summed E-state index contributed by atoms with van der Waals surface area (Å²) >= 11 is 0. The van der Waals surface area contributed by atoms with Crippen molar-refractivity contribution in [2.45, 2.75) is 26.1 Å². The second-order valence-corrected chi connectivity index (χ2v) is 1.57. The minimum atomic E-state index is -1.46. The van der Waals surface area contributed by atoms with Gasteiger partial charge < -0.3 is 10.2 Å². The predicted octanol–water partition coefficient (Wildman–Crippen LogP) is 0.0947. The largest absolute Gasteiger partial charge is 0.366 e. The van der Waals surface area contributed by atoms with Crippen LogP contribution in [0.2, 0.25) is 0 Å². The van der Waals surface area contributed by atoms with E-state index in [1.807, 2.05) is 0 Å². The van der Waals surface area contributed by atoms with Crippen LogP contribution < -0.4 is 0 Å². The summed E-state index contributed by atoms with van der Waals surface area (Å²) in [4.78, 5) is 0. The number of hydrogen-bond donors (Lipinski definition) is 2. The fourth-order valence-electron chi connectivity index (χ4n) is 0. The molecule has 0 spiro atoms. The summed E-state index contributed by atoms with van der Waals surface area (Å²) < 4.78 is 0. The Morgan fingerprint density at radius 3 is 1.57 bits per heavy atom. The van der Waals surface area contributed by atoms with Gasteiger partial charge in [-0.2, -0.15) is 0 Å². The smallest absolute Gasteiger partial charge is 0.159 e. The van der Waals surface area contributed by atoms with Crippen molar-refractivity contribution < 1.29 is 29.7 Å². The van der Waals surface area contributed by atoms with E-state index in [0.717, 1.165) is 0 Å². The van der Waals surface area contributed by atoms with Gasteiger partial charge in [0, 0.05) is 19.5 Å². The van der Waals surface area contributed by atoms with Crippen molar-refractivity contribution >= 4 is 0 Å². The standard InChI is InChI=1S/C4H10O2.Zn/c1-3-4(2,5)6;/h5-6H,3H2,1-2H3;. The minimum absolute atomic E-state index is 0. The molecule has 0 amide bonds. The third-order valence-corrected chi connectivity index (χ3v) is 0.670. The van der Waals surface area contributed by atoms with Gasteiger partial charge in [0.15, 0.2) is 5.79 Å². The van der Waals surface area contributed by atoms with Gasteiger partial charge in [-0.1, -0.05) is 6.92 Å². The molecule has 0 aliphatic rings. The van der Waals surface area contributed by atoms with E-state index in [-0.39, 0.29) is 19.5 Å². The van der Waals surface area contributed by atoms with Crippen molar-refractivity contribution in [3.05, 3.63) is 0 Å². The van der Waals surface area contributed by atoms with E-state index >= 15 is 0 Å². The molecule has 0 atom stereocenters.